The van der Waals surface area contributed by atoms with Crippen LogP contribution in [0.15, 0.2) is 35.3 Å². The smallest absolute Gasteiger partial charge is 0.263 e. The maximum Gasteiger partial charge on any atom is 0.263 e. The number of aryl methyl sites for hydroxylation is 1. The van der Waals surface area contributed by atoms with E-state index in [4.69, 9.17) is 4.74 Å². The molecule has 3 rings (SSSR count). The molecule has 26 heavy (non-hydrogen) atoms. The summed E-state index contributed by atoms with van der Waals surface area (Å²) in [5.74, 6) is 0.486. The number of rotatable bonds is 5. The van der Waals surface area contributed by atoms with Gasteiger partial charge in [-0.2, -0.15) is 0 Å². The molecule has 0 atom stereocenters. The normalized spacial score (nSPS) is 14.3. The molecule has 0 unspecified atom stereocenters. The first kappa shape index (κ1) is 18.1. The van der Waals surface area contributed by atoms with E-state index in [1.165, 1.54) is 0 Å². The van der Waals surface area contributed by atoms with Crippen molar-refractivity contribution in [2.75, 3.05) is 31.2 Å². The Balaban J connectivity index is 1.76. The van der Waals surface area contributed by atoms with Crippen LogP contribution < -0.4 is 15.8 Å². The summed E-state index contributed by atoms with van der Waals surface area (Å²) in [6.07, 6.45) is 1.75. The highest BCUT2D eigenvalue weighted by Crippen LogP contribution is 2.18. The topological polar surface area (TPSA) is 76.5 Å². The zero-order valence-corrected chi connectivity index (χ0v) is 15.2. The average Bonchev–Trinajstić information content (AvgIpc) is 2.67. The van der Waals surface area contributed by atoms with Crippen LogP contribution in [-0.2, 0) is 17.8 Å². The summed E-state index contributed by atoms with van der Waals surface area (Å²) in [6.45, 7) is 7.49. The Bertz CT molecular complexity index is 841. The number of carbonyl (C=O) groups is 1. The van der Waals surface area contributed by atoms with Crippen molar-refractivity contribution < 1.29 is 9.53 Å². The molecule has 1 N–H and O–H groups in total. The third kappa shape index (κ3) is 3.77. The van der Waals surface area contributed by atoms with Crippen LogP contribution in [0.4, 0.5) is 5.82 Å². The first-order valence-electron chi connectivity index (χ1n) is 8.87. The van der Waals surface area contributed by atoms with E-state index < -0.39 is 0 Å². The monoisotopic (exact) mass is 356 g/mol. The first-order chi connectivity index (χ1) is 12.6. The highest BCUT2D eigenvalue weighted by Gasteiger charge is 2.17. The van der Waals surface area contributed by atoms with Crippen LogP contribution in [0.1, 0.15) is 28.5 Å². The van der Waals surface area contributed by atoms with Crippen molar-refractivity contribution in [2.45, 2.75) is 26.9 Å². The van der Waals surface area contributed by atoms with Crippen molar-refractivity contribution in [1.82, 2.24) is 14.9 Å². The molecule has 2 aromatic rings. The Labute approximate surface area is 152 Å². The number of pyridine rings is 2. The first-order valence-corrected chi connectivity index (χ1v) is 8.87. The summed E-state index contributed by atoms with van der Waals surface area (Å²) in [5, 5.41) is 2.86. The van der Waals surface area contributed by atoms with E-state index in [0.29, 0.717) is 26.3 Å². The van der Waals surface area contributed by atoms with Crippen molar-refractivity contribution in [3.05, 3.63) is 57.6 Å². The molecule has 7 heteroatoms. The Hall–Kier alpha value is -2.67. The Morgan fingerprint density at radius 2 is 2.04 bits per heavy atom. The highest BCUT2D eigenvalue weighted by atomic mass is 16.5. The minimum absolute atomic E-state index is 0.161. The van der Waals surface area contributed by atoms with E-state index in [9.17, 15) is 9.59 Å². The average molecular weight is 356 g/mol. The van der Waals surface area contributed by atoms with Crippen LogP contribution in [0.25, 0.3) is 0 Å². The fourth-order valence-corrected chi connectivity index (χ4v) is 3.14. The van der Waals surface area contributed by atoms with Gasteiger partial charge in [-0.3, -0.25) is 9.59 Å². The molecule has 0 aliphatic carbocycles. The van der Waals surface area contributed by atoms with Crippen molar-refractivity contribution in [2.24, 2.45) is 0 Å². The highest BCUT2D eigenvalue weighted by molar-refractivity contribution is 5.93. The lowest BCUT2D eigenvalue weighted by Crippen LogP contribution is -2.38. The van der Waals surface area contributed by atoms with Gasteiger partial charge in [-0.1, -0.05) is 6.07 Å². The van der Waals surface area contributed by atoms with Gasteiger partial charge in [-0.25, -0.2) is 4.98 Å². The summed E-state index contributed by atoms with van der Waals surface area (Å²) >= 11 is 0. The Morgan fingerprint density at radius 3 is 2.77 bits per heavy atom. The standard InChI is InChI=1S/C19H24N4O3/c1-3-23-14(2)6-7-16(19(23)25)18(24)21-13-15-5-4-8-20-17(15)22-9-11-26-12-10-22/h4-8H,3,9-13H2,1-2H3,(H,21,24). The molecule has 1 aliphatic rings. The van der Waals surface area contributed by atoms with Gasteiger partial charge in [0.2, 0.25) is 0 Å². The van der Waals surface area contributed by atoms with Gasteiger partial charge in [-0.15, -0.1) is 0 Å². The molecular formula is C19H24N4O3. The number of carbonyl (C=O) groups excluding carboxylic acids is 1. The summed E-state index contributed by atoms with van der Waals surface area (Å²) in [4.78, 5) is 31.6. The SMILES string of the molecule is CCn1c(C)ccc(C(=O)NCc2cccnc2N2CCOCC2)c1=O. The lowest BCUT2D eigenvalue weighted by molar-refractivity contribution is 0.0948. The van der Waals surface area contributed by atoms with Crippen molar-refractivity contribution in [3.63, 3.8) is 0 Å². The predicted octanol–water partition coefficient (Wildman–Crippen LogP) is 1.34. The van der Waals surface area contributed by atoms with E-state index >= 15 is 0 Å². The van der Waals surface area contributed by atoms with Gasteiger partial charge in [0, 0.05) is 43.6 Å². The van der Waals surface area contributed by atoms with Gasteiger partial charge in [0.1, 0.15) is 11.4 Å². The summed E-state index contributed by atoms with van der Waals surface area (Å²) < 4.78 is 6.98. The van der Waals surface area contributed by atoms with Crippen LogP contribution in [-0.4, -0.2) is 41.8 Å². The van der Waals surface area contributed by atoms with Gasteiger partial charge in [0.15, 0.2) is 0 Å². The second-order valence-corrected chi connectivity index (χ2v) is 6.21. The third-order valence-electron chi connectivity index (χ3n) is 4.57. The number of ether oxygens (including phenoxy) is 1. The number of hydrogen-bond donors (Lipinski definition) is 1. The molecule has 0 radical (unpaired) electrons. The predicted molar refractivity (Wildman–Crippen MR) is 99.6 cm³/mol. The van der Waals surface area contributed by atoms with Crippen molar-refractivity contribution >= 4 is 11.7 Å². The number of morpholine rings is 1. The molecule has 3 heterocycles. The minimum atomic E-state index is -0.367. The molecule has 0 spiro atoms. The number of aromatic nitrogens is 2. The van der Waals surface area contributed by atoms with E-state index in [-0.39, 0.29) is 17.0 Å². The number of amides is 1. The van der Waals surface area contributed by atoms with Crippen molar-refractivity contribution in [1.29, 1.82) is 0 Å². The fourth-order valence-electron chi connectivity index (χ4n) is 3.14. The molecule has 1 saturated heterocycles. The minimum Gasteiger partial charge on any atom is -0.378 e. The molecule has 0 aromatic carbocycles. The molecule has 138 valence electrons. The summed E-state index contributed by atoms with van der Waals surface area (Å²) in [7, 11) is 0. The lowest BCUT2D eigenvalue weighted by atomic mass is 10.2. The third-order valence-corrected chi connectivity index (χ3v) is 4.57. The molecule has 1 amide bonds. The summed E-state index contributed by atoms with van der Waals surface area (Å²) in [6, 6.07) is 7.17. The molecular weight excluding hydrogens is 332 g/mol. The van der Waals surface area contributed by atoms with E-state index in [1.54, 1.807) is 22.9 Å². The second-order valence-electron chi connectivity index (χ2n) is 6.21. The lowest BCUT2D eigenvalue weighted by Gasteiger charge is -2.29. The van der Waals surface area contributed by atoms with Gasteiger partial charge >= 0.3 is 0 Å². The Kier molecular flexibility index (Phi) is 5.68. The molecule has 1 aliphatic heterocycles. The molecule has 0 saturated carbocycles. The quantitative estimate of drug-likeness (QED) is 0.875. The maximum absolute atomic E-state index is 12.5. The van der Waals surface area contributed by atoms with E-state index in [0.717, 1.165) is 30.2 Å². The number of nitrogens with zero attached hydrogens (tertiary/aromatic N) is 3. The zero-order chi connectivity index (χ0) is 18.5. The van der Waals surface area contributed by atoms with Crippen LogP contribution in [0.5, 0.6) is 0 Å². The number of anilines is 1. The van der Waals surface area contributed by atoms with Gasteiger partial charge in [-0.05, 0) is 32.0 Å². The molecule has 1 fully saturated rings. The van der Waals surface area contributed by atoms with Crippen LogP contribution in [0.3, 0.4) is 0 Å². The second kappa shape index (κ2) is 8.14. The number of hydrogen-bond acceptors (Lipinski definition) is 5. The molecule has 2 aromatic heterocycles. The van der Waals surface area contributed by atoms with Crippen LogP contribution >= 0.6 is 0 Å². The molecule has 0 bridgehead atoms. The van der Waals surface area contributed by atoms with Crippen molar-refractivity contribution in [3.8, 4) is 0 Å². The fraction of sp³-hybridized carbons (Fsp3) is 0.421. The zero-order valence-electron chi connectivity index (χ0n) is 15.2. The van der Waals surface area contributed by atoms with Gasteiger partial charge in [0.05, 0.1) is 13.2 Å². The van der Waals surface area contributed by atoms with E-state index in [2.05, 4.69) is 15.2 Å². The number of nitrogens with one attached hydrogen (secondary N) is 1. The van der Waals surface area contributed by atoms with Gasteiger partial charge in [0.25, 0.3) is 11.5 Å². The van der Waals surface area contributed by atoms with E-state index in [1.807, 2.05) is 26.0 Å². The largest absolute Gasteiger partial charge is 0.378 e. The van der Waals surface area contributed by atoms with Crippen LogP contribution in [0, 0.1) is 6.92 Å². The van der Waals surface area contributed by atoms with Gasteiger partial charge < -0.3 is 19.5 Å². The Morgan fingerprint density at radius 1 is 1.27 bits per heavy atom. The van der Waals surface area contributed by atoms with Crippen LogP contribution in [0.2, 0.25) is 0 Å². The maximum atomic E-state index is 12.5. The molecule has 7 nitrogen and oxygen atoms in total. The summed E-state index contributed by atoms with van der Waals surface area (Å²) in [5.41, 5.74) is 1.67.